The molecule has 0 aliphatic heterocycles. The number of nitrogens with one attached hydrogen (secondary N) is 1. The summed E-state index contributed by atoms with van der Waals surface area (Å²) >= 11 is 3.47. The minimum absolute atomic E-state index is 0.715. The van der Waals surface area contributed by atoms with Crippen molar-refractivity contribution in [1.29, 1.82) is 0 Å². The first kappa shape index (κ1) is 13.9. The summed E-state index contributed by atoms with van der Waals surface area (Å²) < 4.78 is 11.6. The first-order chi connectivity index (χ1) is 10.2. The normalized spacial score (nSPS) is 10.8. The summed E-state index contributed by atoms with van der Waals surface area (Å²) in [5.41, 5.74) is 3.11. The van der Waals surface area contributed by atoms with Gasteiger partial charge in [-0.3, -0.25) is 0 Å². The summed E-state index contributed by atoms with van der Waals surface area (Å²) in [7, 11) is 3.27. The number of hydrogen-bond acceptors (Lipinski definition) is 3. The molecule has 0 aliphatic carbocycles. The number of methoxy groups -OCH3 is 2. The van der Waals surface area contributed by atoms with Crippen LogP contribution in [0.15, 0.2) is 40.9 Å². The Morgan fingerprint density at radius 2 is 1.86 bits per heavy atom. The number of aromatic nitrogens is 2. The average Bonchev–Trinajstić information content (AvgIpc) is 2.88. The Morgan fingerprint density at radius 3 is 2.62 bits per heavy atom. The molecule has 0 unspecified atom stereocenters. The van der Waals surface area contributed by atoms with Crippen LogP contribution in [-0.2, 0) is 6.42 Å². The van der Waals surface area contributed by atoms with Crippen LogP contribution in [0, 0.1) is 0 Å². The SMILES string of the molecule is COc1ccc(Cc2nc3ccc(Br)cc3[nH]2)cc1OC. The highest BCUT2D eigenvalue weighted by Gasteiger charge is 2.08. The molecular weight excluding hydrogens is 332 g/mol. The average molecular weight is 347 g/mol. The largest absolute Gasteiger partial charge is 0.493 e. The topological polar surface area (TPSA) is 47.1 Å². The molecule has 3 rings (SSSR count). The van der Waals surface area contributed by atoms with E-state index >= 15 is 0 Å². The molecule has 0 bridgehead atoms. The molecule has 0 radical (unpaired) electrons. The van der Waals surface area contributed by atoms with E-state index in [0.717, 1.165) is 38.4 Å². The standard InChI is InChI=1S/C16H15BrN2O2/c1-20-14-6-3-10(7-15(14)21-2)8-16-18-12-5-4-11(17)9-13(12)19-16/h3-7,9H,8H2,1-2H3,(H,18,19). The third-order valence-corrected chi connectivity index (χ3v) is 3.81. The molecule has 0 spiro atoms. The second kappa shape index (κ2) is 5.77. The van der Waals surface area contributed by atoms with Gasteiger partial charge in [0, 0.05) is 10.9 Å². The molecule has 0 atom stereocenters. The fourth-order valence-electron chi connectivity index (χ4n) is 2.30. The predicted molar refractivity (Wildman–Crippen MR) is 86.1 cm³/mol. The summed E-state index contributed by atoms with van der Waals surface area (Å²) in [4.78, 5) is 7.94. The van der Waals surface area contributed by atoms with Crippen LogP contribution >= 0.6 is 15.9 Å². The van der Waals surface area contributed by atoms with E-state index in [2.05, 4.69) is 25.9 Å². The lowest BCUT2D eigenvalue weighted by Crippen LogP contribution is -1.94. The molecular formula is C16H15BrN2O2. The van der Waals surface area contributed by atoms with Crippen molar-refractivity contribution in [3.63, 3.8) is 0 Å². The Hall–Kier alpha value is -2.01. The third kappa shape index (κ3) is 2.88. The number of benzene rings is 2. The maximum Gasteiger partial charge on any atom is 0.161 e. The van der Waals surface area contributed by atoms with Crippen molar-refractivity contribution in [1.82, 2.24) is 9.97 Å². The maximum absolute atomic E-state index is 5.33. The van der Waals surface area contributed by atoms with Crippen LogP contribution in [0.2, 0.25) is 0 Å². The number of imidazole rings is 1. The molecule has 5 heteroatoms. The number of halogens is 1. The van der Waals surface area contributed by atoms with Crippen molar-refractivity contribution in [3.05, 3.63) is 52.3 Å². The minimum Gasteiger partial charge on any atom is -0.493 e. The van der Waals surface area contributed by atoms with E-state index in [1.165, 1.54) is 0 Å². The number of rotatable bonds is 4. The van der Waals surface area contributed by atoms with Crippen LogP contribution in [-0.4, -0.2) is 24.2 Å². The van der Waals surface area contributed by atoms with E-state index in [1.54, 1.807) is 14.2 Å². The number of aromatic amines is 1. The number of nitrogens with zero attached hydrogens (tertiary/aromatic N) is 1. The van der Waals surface area contributed by atoms with Crippen molar-refractivity contribution in [2.45, 2.75) is 6.42 Å². The maximum atomic E-state index is 5.33. The van der Waals surface area contributed by atoms with Crippen molar-refractivity contribution in [2.75, 3.05) is 14.2 Å². The van der Waals surface area contributed by atoms with Gasteiger partial charge in [-0.1, -0.05) is 22.0 Å². The Balaban J connectivity index is 1.91. The zero-order valence-electron chi connectivity index (χ0n) is 11.8. The first-order valence-electron chi connectivity index (χ1n) is 6.54. The van der Waals surface area contributed by atoms with Crippen LogP contribution in [0.25, 0.3) is 11.0 Å². The van der Waals surface area contributed by atoms with Gasteiger partial charge < -0.3 is 14.5 Å². The van der Waals surface area contributed by atoms with Gasteiger partial charge in [-0.15, -0.1) is 0 Å². The molecule has 0 aliphatic rings. The van der Waals surface area contributed by atoms with E-state index < -0.39 is 0 Å². The molecule has 0 fully saturated rings. The summed E-state index contributed by atoms with van der Waals surface area (Å²) in [6.45, 7) is 0. The van der Waals surface area contributed by atoms with Crippen molar-refractivity contribution in [3.8, 4) is 11.5 Å². The van der Waals surface area contributed by atoms with Gasteiger partial charge in [0.2, 0.25) is 0 Å². The Labute approximate surface area is 131 Å². The van der Waals surface area contributed by atoms with Gasteiger partial charge in [0.05, 0.1) is 25.3 Å². The first-order valence-corrected chi connectivity index (χ1v) is 7.34. The quantitative estimate of drug-likeness (QED) is 0.778. The van der Waals surface area contributed by atoms with Gasteiger partial charge in [0.25, 0.3) is 0 Å². The van der Waals surface area contributed by atoms with Gasteiger partial charge >= 0.3 is 0 Å². The molecule has 0 saturated carbocycles. The summed E-state index contributed by atoms with van der Waals surface area (Å²) in [5.74, 6) is 2.39. The van der Waals surface area contributed by atoms with Crippen LogP contribution in [0.1, 0.15) is 11.4 Å². The second-order valence-electron chi connectivity index (χ2n) is 4.71. The third-order valence-electron chi connectivity index (χ3n) is 3.31. The number of hydrogen-bond donors (Lipinski definition) is 1. The Morgan fingerprint density at radius 1 is 1.05 bits per heavy atom. The number of ether oxygens (including phenoxy) is 2. The molecule has 0 saturated heterocycles. The zero-order chi connectivity index (χ0) is 14.8. The highest BCUT2D eigenvalue weighted by atomic mass is 79.9. The second-order valence-corrected chi connectivity index (χ2v) is 5.63. The monoisotopic (exact) mass is 346 g/mol. The highest BCUT2D eigenvalue weighted by molar-refractivity contribution is 9.10. The lowest BCUT2D eigenvalue weighted by atomic mass is 10.1. The van der Waals surface area contributed by atoms with Crippen LogP contribution in [0.4, 0.5) is 0 Å². The summed E-state index contributed by atoms with van der Waals surface area (Å²) in [5, 5.41) is 0. The Kier molecular flexibility index (Phi) is 3.84. The summed E-state index contributed by atoms with van der Waals surface area (Å²) in [6.07, 6.45) is 0.715. The summed E-state index contributed by atoms with van der Waals surface area (Å²) in [6, 6.07) is 11.9. The lowest BCUT2D eigenvalue weighted by molar-refractivity contribution is 0.354. The molecule has 3 aromatic rings. The highest BCUT2D eigenvalue weighted by Crippen LogP contribution is 2.28. The fraction of sp³-hybridized carbons (Fsp3) is 0.188. The van der Waals surface area contributed by atoms with Crippen LogP contribution in [0.5, 0.6) is 11.5 Å². The van der Waals surface area contributed by atoms with Crippen LogP contribution < -0.4 is 9.47 Å². The van der Waals surface area contributed by atoms with Gasteiger partial charge in [0.15, 0.2) is 11.5 Å². The molecule has 1 heterocycles. The van der Waals surface area contributed by atoms with E-state index in [-0.39, 0.29) is 0 Å². The fourth-order valence-corrected chi connectivity index (χ4v) is 2.66. The van der Waals surface area contributed by atoms with E-state index in [4.69, 9.17) is 9.47 Å². The molecule has 21 heavy (non-hydrogen) atoms. The number of H-pyrrole nitrogens is 1. The van der Waals surface area contributed by atoms with Crippen molar-refractivity contribution in [2.24, 2.45) is 0 Å². The Bertz CT molecular complexity index is 783. The molecule has 0 amide bonds. The molecule has 1 N–H and O–H groups in total. The molecule has 1 aromatic heterocycles. The minimum atomic E-state index is 0.715. The smallest absolute Gasteiger partial charge is 0.161 e. The molecule has 108 valence electrons. The van der Waals surface area contributed by atoms with Crippen LogP contribution in [0.3, 0.4) is 0 Å². The van der Waals surface area contributed by atoms with Gasteiger partial charge in [-0.2, -0.15) is 0 Å². The van der Waals surface area contributed by atoms with E-state index in [0.29, 0.717) is 6.42 Å². The predicted octanol–water partition coefficient (Wildman–Crippen LogP) is 3.93. The van der Waals surface area contributed by atoms with Gasteiger partial charge in [0.1, 0.15) is 5.82 Å². The van der Waals surface area contributed by atoms with Gasteiger partial charge in [-0.25, -0.2) is 4.98 Å². The zero-order valence-corrected chi connectivity index (χ0v) is 13.4. The lowest BCUT2D eigenvalue weighted by Gasteiger charge is -2.08. The van der Waals surface area contributed by atoms with Crippen molar-refractivity contribution >= 4 is 27.0 Å². The number of fused-ring (bicyclic) bond motifs is 1. The molecule has 2 aromatic carbocycles. The molecule has 4 nitrogen and oxygen atoms in total. The van der Waals surface area contributed by atoms with Crippen molar-refractivity contribution < 1.29 is 9.47 Å². The van der Waals surface area contributed by atoms with E-state index in [9.17, 15) is 0 Å². The van der Waals surface area contributed by atoms with Gasteiger partial charge in [-0.05, 0) is 35.9 Å². The van der Waals surface area contributed by atoms with E-state index in [1.807, 2.05) is 36.4 Å².